The van der Waals surface area contributed by atoms with E-state index in [0.29, 0.717) is 16.1 Å². The molecule has 15 heavy (non-hydrogen) atoms. The second kappa shape index (κ2) is 6.76. The summed E-state index contributed by atoms with van der Waals surface area (Å²) in [5, 5.41) is 3.10. The number of nitrogens with zero attached hydrogens (tertiary/aromatic N) is 1. The zero-order valence-electron chi connectivity index (χ0n) is 8.46. The van der Waals surface area contributed by atoms with E-state index in [1.54, 1.807) is 0 Å². The summed E-state index contributed by atoms with van der Waals surface area (Å²) in [6.07, 6.45) is 3.53. The number of aromatic nitrogens is 1. The molecule has 0 radical (unpaired) electrons. The minimum absolute atomic E-state index is 0.0667. The predicted octanol–water partition coefficient (Wildman–Crippen LogP) is 2.55. The van der Waals surface area contributed by atoms with Gasteiger partial charge in [0.1, 0.15) is 10.9 Å². The van der Waals surface area contributed by atoms with Crippen LogP contribution in [0.1, 0.15) is 19.8 Å². The number of ether oxygens (including phenoxy) is 1. The van der Waals surface area contributed by atoms with Crippen LogP contribution in [-0.4, -0.2) is 24.1 Å². The Morgan fingerprint density at radius 2 is 2.53 bits per heavy atom. The van der Waals surface area contributed by atoms with Crippen molar-refractivity contribution in [3.05, 3.63) is 10.5 Å². The SMILES string of the molecule is CCCCOCC(=O)Nc1ncc(Cl)s1. The lowest BCUT2D eigenvalue weighted by molar-refractivity contribution is -0.120. The van der Waals surface area contributed by atoms with Gasteiger partial charge in [0.05, 0.1) is 6.20 Å². The monoisotopic (exact) mass is 248 g/mol. The topological polar surface area (TPSA) is 51.2 Å². The van der Waals surface area contributed by atoms with E-state index in [4.69, 9.17) is 16.3 Å². The van der Waals surface area contributed by atoms with Crippen molar-refractivity contribution in [3.8, 4) is 0 Å². The van der Waals surface area contributed by atoms with Crippen LogP contribution in [0.4, 0.5) is 5.13 Å². The van der Waals surface area contributed by atoms with E-state index >= 15 is 0 Å². The van der Waals surface area contributed by atoms with Crippen LogP contribution in [0.5, 0.6) is 0 Å². The molecule has 1 aromatic heterocycles. The summed E-state index contributed by atoms with van der Waals surface area (Å²) >= 11 is 6.89. The number of hydrogen-bond acceptors (Lipinski definition) is 4. The normalized spacial score (nSPS) is 10.3. The van der Waals surface area contributed by atoms with E-state index in [2.05, 4.69) is 17.2 Å². The highest BCUT2D eigenvalue weighted by molar-refractivity contribution is 7.19. The average Bonchev–Trinajstić information content (AvgIpc) is 2.59. The first-order chi connectivity index (χ1) is 7.22. The highest BCUT2D eigenvalue weighted by Gasteiger charge is 2.05. The first-order valence-electron chi connectivity index (χ1n) is 4.71. The smallest absolute Gasteiger partial charge is 0.252 e. The number of amides is 1. The molecule has 0 bridgehead atoms. The molecule has 1 amide bonds. The van der Waals surface area contributed by atoms with Gasteiger partial charge in [0.2, 0.25) is 0 Å². The minimum Gasteiger partial charge on any atom is -0.372 e. The molecule has 0 aromatic carbocycles. The van der Waals surface area contributed by atoms with Crippen LogP contribution in [0.25, 0.3) is 0 Å². The molecule has 1 heterocycles. The van der Waals surface area contributed by atoms with Gasteiger partial charge in [0, 0.05) is 6.61 Å². The van der Waals surface area contributed by atoms with E-state index < -0.39 is 0 Å². The Kier molecular flexibility index (Phi) is 5.60. The lowest BCUT2D eigenvalue weighted by Crippen LogP contribution is -2.18. The molecular formula is C9H13ClN2O2S. The van der Waals surface area contributed by atoms with Crippen molar-refractivity contribution in [2.45, 2.75) is 19.8 Å². The maximum Gasteiger partial charge on any atom is 0.252 e. The highest BCUT2D eigenvalue weighted by Crippen LogP contribution is 2.22. The summed E-state index contributed by atoms with van der Waals surface area (Å²) in [7, 11) is 0. The first-order valence-corrected chi connectivity index (χ1v) is 5.90. The Balaban J connectivity index is 2.18. The molecule has 1 aromatic rings. The molecule has 0 unspecified atom stereocenters. The molecule has 0 saturated carbocycles. The van der Waals surface area contributed by atoms with Gasteiger partial charge in [-0.15, -0.1) is 0 Å². The summed E-state index contributed by atoms with van der Waals surface area (Å²) in [5.74, 6) is -0.197. The Morgan fingerprint density at radius 1 is 1.73 bits per heavy atom. The Bertz CT molecular complexity index is 317. The number of halogens is 1. The van der Waals surface area contributed by atoms with Gasteiger partial charge in [-0.05, 0) is 6.42 Å². The van der Waals surface area contributed by atoms with Crippen molar-refractivity contribution in [2.75, 3.05) is 18.5 Å². The zero-order valence-corrected chi connectivity index (χ0v) is 10.0. The number of carbonyl (C=O) groups is 1. The first kappa shape index (κ1) is 12.4. The van der Waals surface area contributed by atoms with Crippen molar-refractivity contribution in [1.29, 1.82) is 0 Å². The molecular weight excluding hydrogens is 236 g/mol. The standard InChI is InChI=1S/C9H13ClN2O2S/c1-2-3-4-14-6-8(13)12-9-11-5-7(10)15-9/h5H,2-4,6H2,1H3,(H,11,12,13). The molecule has 0 aliphatic rings. The fraction of sp³-hybridized carbons (Fsp3) is 0.556. The van der Waals surface area contributed by atoms with Gasteiger partial charge in [-0.3, -0.25) is 10.1 Å². The Morgan fingerprint density at radius 3 is 3.13 bits per heavy atom. The molecule has 0 aliphatic heterocycles. The van der Waals surface area contributed by atoms with Crippen molar-refractivity contribution < 1.29 is 9.53 Å². The highest BCUT2D eigenvalue weighted by atomic mass is 35.5. The summed E-state index contributed by atoms with van der Waals surface area (Å²) in [4.78, 5) is 15.2. The third kappa shape index (κ3) is 5.11. The third-order valence-corrected chi connectivity index (χ3v) is 2.63. The third-order valence-electron chi connectivity index (χ3n) is 1.60. The summed E-state index contributed by atoms with van der Waals surface area (Å²) in [5.41, 5.74) is 0. The van der Waals surface area contributed by atoms with Gasteiger partial charge in [-0.25, -0.2) is 4.98 Å². The van der Waals surface area contributed by atoms with E-state index in [9.17, 15) is 4.79 Å². The molecule has 84 valence electrons. The molecule has 4 nitrogen and oxygen atoms in total. The van der Waals surface area contributed by atoms with Crippen molar-refractivity contribution in [3.63, 3.8) is 0 Å². The van der Waals surface area contributed by atoms with Crippen LogP contribution in [0.2, 0.25) is 4.34 Å². The van der Waals surface area contributed by atoms with Crippen LogP contribution in [0.15, 0.2) is 6.20 Å². The van der Waals surface area contributed by atoms with Crippen LogP contribution in [-0.2, 0) is 9.53 Å². The van der Waals surface area contributed by atoms with Gasteiger partial charge >= 0.3 is 0 Å². The summed E-state index contributed by atoms with van der Waals surface area (Å²) < 4.78 is 5.70. The molecule has 0 saturated heterocycles. The number of unbranched alkanes of at least 4 members (excludes halogenated alkanes) is 1. The number of nitrogens with one attached hydrogen (secondary N) is 1. The van der Waals surface area contributed by atoms with E-state index in [0.717, 1.165) is 12.8 Å². The van der Waals surface area contributed by atoms with Gasteiger partial charge < -0.3 is 4.74 Å². The van der Waals surface area contributed by atoms with Crippen LogP contribution in [0.3, 0.4) is 0 Å². The Labute approximate surface area is 97.6 Å². The number of carbonyl (C=O) groups excluding carboxylic acids is 1. The zero-order chi connectivity index (χ0) is 11.1. The number of rotatable bonds is 6. The maximum atomic E-state index is 11.3. The molecule has 0 spiro atoms. The van der Waals surface area contributed by atoms with Crippen molar-refractivity contribution >= 4 is 34.0 Å². The van der Waals surface area contributed by atoms with E-state index in [-0.39, 0.29) is 12.5 Å². The largest absolute Gasteiger partial charge is 0.372 e. The van der Waals surface area contributed by atoms with E-state index in [1.807, 2.05) is 0 Å². The molecule has 6 heteroatoms. The second-order valence-electron chi connectivity index (χ2n) is 2.92. The van der Waals surface area contributed by atoms with E-state index in [1.165, 1.54) is 17.5 Å². The maximum absolute atomic E-state index is 11.3. The molecule has 0 atom stereocenters. The van der Waals surface area contributed by atoms with Crippen LogP contribution >= 0.6 is 22.9 Å². The molecule has 0 aliphatic carbocycles. The van der Waals surface area contributed by atoms with Gasteiger partial charge in [-0.2, -0.15) is 0 Å². The van der Waals surface area contributed by atoms with Crippen LogP contribution < -0.4 is 5.32 Å². The Hall–Kier alpha value is -0.650. The van der Waals surface area contributed by atoms with Crippen molar-refractivity contribution in [2.24, 2.45) is 0 Å². The van der Waals surface area contributed by atoms with Crippen LogP contribution in [0, 0.1) is 0 Å². The predicted molar refractivity (Wildman–Crippen MR) is 61.5 cm³/mol. The average molecular weight is 249 g/mol. The molecule has 1 N–H and O–H groups in total. The molecule has 1 rings (SSSR count). The number of hydrogen-bond donors (Lipinski definition) is 1. The quantitative estimate of drug-likeness (QED) is 0.788. The van der Waals surface area contributed by atoms with Gasteiger partial charge in [-0.1, -0.05) is 36.3 Å². The summed E-state index contributed by atoms with van der Waals surface area (Å²) in [6, 6.07) is 0. The molecule has 0 fully saturated rings. The van der Waals surface area contributed by atoms with Gasteiger partial charge in [0.25, 0.3) is 5.91 Å². The van der Waals surface area contributed by atoms with Gasteiger partial charge in [0.15, 0.2) is 5.13 Å². The number of thiazole rings is 1. The fourth-order valence-electron chi connectivity index (χ4n) is 0.879. The number of anilines is 1. The second-order valence-corrected chi connectivity index (χ2v) is 4.59. The minimum atomic E-state index is -0.197. The van der Waals surface area contributed by atoms with Crippen molar-refractivity contribution in [1.82, 2.24) is 4.98 Å². The fourth-order valence-corrected chi connectivity index (χ4v) is 1.71. The lowest BCUT2D eigenvalue weighted by atomic mass is 10.4. The lowest BCUT2D eigenvalue weighted by Gasteiger charge is -2.02. The summed E-state index contributed by atoms with van der Waals surface area (Å²) in [6.45, 7) is 2.75.